The number of carbonyl (C=O) groups is 1. The number of hydrogen-bond donors (Lipinski definition) is 1. The third-order valence-electron chi connectivity index (χ3n) is 4.50. The van der Waals surface area contributed by atoms with E-state index in [-0.39, 0.29) is 5.91 Å². The van der Waals surface area contributed by atoms with Crippen molar-refractivity contribution in [2.75, 3.05) is 32.8 Å². The Labute approximate surface area is 132 Å². The standard InChI is InChI=1S/C18H26N2O2/c1-13(2)11-20-8-6-14(12-20)10-19-18(21)16-5-3-4-15-7-9-22-17(15)16/h3-5,13-14H,6-12H2,1-2H3,(H,19,21)/t14-/m0/s1. The first-order chi connectivity index (χ1) is 10.6. The number of benzene rings is 1. The highest BCUT2D eigenvalue weighted by atomic mass is 16.5. The lowest BCUT2D eigenvalue weighted by atomic mass is 10.1. The van der Waals surface area contributed by atoms with Gasteiger partial charge >= 0.3 is 0 Å². The van der Waals surface area contributed by atoms with E-state index in [1.807, 2.05) is 18.2 Å². The number of ether oxygens (including phenoxy) is 1. The molecule has 22 heavy (non-hydrogen) atoms. The van der Waals surface area contributed by atoms with Gasteiger partial charge in [0.25, 0.3) is 5.91 Å². The fraction of sp³-hybridized carbons (Fsp3) is 0.611. The average Bonchev–Trinajstić information content (AvgIpc) is 3.12. The normalized spacial score (nSPS) is 21.0. The smallest absolute Gasteiger partial charge is 0.255 e. The summed E-state index contributed by atoms with van der Waals surface area (Å²) >= 11 is 0. The highest BCUT2D eigenvalue weighted by Gasteiger charge is 2.25. The molecule has 0 radical (unpaired) electrons. The van der Waals surface area contributed by atoms with Crippen LogP contribution in [0.5, 0.6) is 5.75 Å². The number of nitrogens with one attached hydrogen (secondary N) is 1. The Morgan fingerprint density at radius 3 is 3.14 bits per heavy atom. The summed E-state index contributed by atoms with van der Waals surface area (Å²) in [6.45, 7) is 9.37. The Balaban J connectivity index is 1.52. The van der Waals surface area contributed by atoms with Crippen LogP contribution in [0, 0.1) is 11.8 Å². The van der Waals surface area contributed by atoms with Gasteiger partial charge in [-0.1, -0.05) is 26.0 Å². The van der Waals surface area contributed by atoms with Gasteiger partial charge in [-0.3, -0.25) is 4.79 Å². The molecule has 2 aliphatic heterocycles. The van der Waals surface area contributed by atoms with Gasteiger partial charge in [0, 0.05) is 26.1 Å². The number of para-hydroxylation sites is 1. The fourth-order valence-corrected chi connectivity index (χ4v) is 3.49. The van der Waals surface area contributed by atoms with Crippen molar-refractivity contribution >= 4 is 5.91 Å². The monoisotopic (exact) mass is 302 g/mol. The molecule has 1 N–H and O–H groups in total. The van der Waals surface area contributed by atoms with E-state index in [0.29, 0.717) is 24.0 Å². The molecule has 0 unspecified atom stereocenters. The van der Waals surface area contributed by atoms with Gasteiger partial charge in [0.1, 0.15) is 5.75 Å². The minimum Gasteiger partial charge on any atom is -0.492 e. The van der Waals surface area contributed by atoms with Crippen LogP contribution in [0.4, 0.5) is 0 Å². The van der Waals surface area contributed by atoms with Crippen LogP contribution in [-0.2, 0) is 6.42 Å². The number of carbonyl (C=O) groups excluding carboxylic acids is 1. The molecule has 1 atom stereocenters. The second kappa shape index (κ2) is 6.69. The van der Waals surface area contributed by atoms with Gasteiger partial charge in [0.05, 0.1) is 12.2 Å². The third-order valence-corrected chi connectivity index (χ3v) is 4.50. The Bertz CT molecular complexity index is 542. The van der Waals surface area contributed by atoms with Crippen LogP contribution in [0.25, 0.3) is 0 Å². The molecule has 2 heterocycles. The van der Waals surface area contributed by atoms with Gasteiger partial charge < -0.3 is 15.0 Å². The van der Waals surface area contributed by atoms with Gasteiger partial charge in [-0.05, 0) is 36.4 Å². The number of likely N-dealkylation sites (tertiary alicyclic amines) is 1. The first-order valence-electron chi connectivity index (χ1n) is 8.38. The molecule has 3 rings (SSSR count). The van der Waals surface area contributed by atoms with Crippen molar-refractivity contribution in [2.45, 2.75) is 26.7 Å². The number of fused-ring (bicyclic) bond motifs is 1. The van der Waals surface area contributed by atoms with E-state index < -0.39 is 0 Å². The maximum absolute atomic E-state index is 12.4. The molecule has 0 aromatic heterocycles. The maximum Gasteiger partial charge on any atom is 0.255 e. The molecule has 1 amide bonds. The molecular weight excluding hydrogens is 276 g/mol. The van der Waals surface area contributed by atoms with Crippen molar-refractivity contribution in [3.8, 4) is 5.75 Å². The maximum atomic E-state index is 12.4. The Morgan fingerprint density at radius 1 is 1.45 bits per heavy atom. The summed E-state index contributed by atoms with van der Waals surface area (Å²) in [4.78, 5) is 14.9. The van der Waals surface area contributed by atoms with Gasteiger partial charge in [-0.25, -0.2) is 0 Å². The SMILES string of the molecule is CC(C)CN1CC[C@@H](CNC(=O)c2cccc3c2OCC3)C1. The van der Waals surface area contributed by atoms with E-state index in [4.69, 9.17) is 4.74 Å². The van der Waals surface area contributed by atoms with E-state index in [1.54, 1.807) is 0 Å². The second-order valence-electron chi connectivity index (χ2n) is 6.91. The molecule has 1 fully saturated rings. The summed E-state index contributed by atoms with van der Waals surface area (Å²) in [5, 5.41) is 3.10. The zero-order valence-electron chi connectivity index (χ0n) is 13.6. The molecule has 0 spiro atoms. The minimum atomic E-state index is 0.000981. The van der Waals surface area contributed by atoms with Crippen molar-refractivity contribution in [3.63, 3.8) is 0 Å². The molecule has 1 aromatic rings. The summed E-state index contributed by atoms with van der Waals surface area (Å²) in [6, 6.07) is 5.85. The summed E-state index contributed by atoms with van der Waals surface area (Å²) in [5.41, 5.74) is 1.84. The number of rotatable bonds is 5. The van der Waals surface area contributed by atoms with Crippen molar-refractivity contribution in [1.82, 2.24) is 10.2 Å². The molecule has 4 nitrogen and oxygen atoms in total. The van der Waals surface area contributed by atoms with E-state index >= 15 is 0 Å². The number of amides is 1. The van der Waals surface area contributed by atoms with Crippen LogP contribution in [0.15, 0.2) is 18.2 Å². The summed E-state index contributed by atoms with van der Waals surface area (Å²) < 4.78 is 5.61. The van der Waals surface area contributed by atoms with Gasteiger partial charge in [-0.2, -0.15) is 0 Å². The molecular formula is C18H26N2O2. The predicted octanol–water partition coefficient (Wildman–Crippen LogP) is 2.33. The first-order valence-corrected chi connectivity index (χ1v) is 8.38. The van der Waals surface area contributed by atoms with Gasteiger partial charge in [-0.15, -0.1) is 0 Å². The molecule has 2 aliphatic rings. The van der Waals surface area contributed by atoms with Crippen molar-refractivity contribution in [3.05, 3.63) is 29.3 Å². The van der Waals surface area contributed by atoms with Gasteiger partial charge in [0.2, 0.25) is 0 Å². The van der Waals surface area contributed by atoms with E-state index in [9.17, 15) is 4.79 Å². The fourth-order valence-electron chi connectivity index (χ4n) is 3.49. The van der Waals surface area contributed by atoms with Crippen LogP contribution < -0.4 is 10.1 Å². The molecule has 0 aliphatic carbocycles. The van der Waals surface area contributed by atoms with Crippen molar-refractivity contribution in [1.29, 1.82) is 0 Å². The highest BCUT2D eigenvalue weighted by molar-refractivity contribution is 5.97. The van der Waals surface area contributed by atoms with E-state index in [1.165, 1.54) is 6.42 Å². The molecule has 1 saturated heterocycles. The Morgan fingerprint density at radius 2 is 2.32 bits per heavy atom. The Kier molecular flexibility index (Phi) is 4.67. The van der Waals surface area contributed by atoms with Crippen molar-refractivity contribution in [2.24, 2.45) is 11.8 Å². The number of hydrogen-bond acceptors (Lipinski definition) is 3. The summed E-state index contributed by atoms with van der Waals surface area (Å²) in [5.74, 6) is 2.06. The van der Waals surface area contributed by atoms with E-state index in [2.05, 4.69) is 24.1 Å². The third kappa shape index (κ3) is 3.43. The largest absolute Gasteiger partial charge is 0.492 e. The minimum absolute atomic E-state index is 0.000981. The zero-order valence-corrected chi connectivity index (χ0v) is 13.6. The van der Waals surface area contributed by atoms with Crippen LogP contribution in [0.3, 0.4) is 0 Å². The molecule has 0 bridgehead atoms. The van der Waals surface area contributed by atoms with Crippen LogP contribution in [0.1, 0.15) is 36.2 Å². The van der Waals surface area contributed by atoms with E-state index in [0.717, 1.165) is 43.9 Å². The zero-order chi connectivity index (χ0) is 15.5. The van der Waals surface area contributed by atoms with Crippen LogP contribution in [0.2, 0.25) is 0 Å². The highest BCUT2D eigenvalue weighted by Crippen LogP contribution is 2.29. The van der Waals surface area contributed by atoms with Crippen molar-refractivity contribution < 1.29 is 9.53 Å². The lowest BCUT2D eigenvalue weighted by molar-refractivity contribution is 0.0944. The topological polar surface area (TPSA) is 41.6 Å². The average molecular weight is 302 g/mol. The Hall–Kier alpha value is -1.55. The predicted molar refractivity (Wildman–Crippen MR) is 87.4 cm³/mol. The summed E-state index contributed by atoms with van der Waals surface area (Å²) in [6.07, 6.45) is 2.08. The van der Waals surface area contributed by atoms with Crippen LogP contribution in [-0.4, -0.2) is 43.6 Å². The lowest BCUT2D eigenvalue weighted by Crippen LogP contribution is -2.32. The molecule has 4 heteroatoms. The van der Waals surface area contributed by atoms with Gasteiger partial charge in [0.15, 0.2) is 0 Å². The lowest BCUT2D eigenvalue weighted by Gasteiger charge is -2.18. The molecule has 120 valence electrons. The second-order valence-corrected chi connectivity index (χ2v) is 6.91. The van der Waals surface area contributed by atoms with Crippen LogP contribution >= 0.6 is 0 Å². The summed E-state index contributed by atoms with van der Waals surface area (Å²) in [7, 11) is 0. The first kappa shape index (κ1) is 15.3. The molecule has 1 aromatic carbocycles. The quantitative estimate of drug-likeness (QED) is 0.907. The number of nitrogens with zero attached hydrogens (tertiary/aromatic N) is 1. The molecule has 0 saturated carbocycles.